The summed E-state index contributed by atoms with van der Waals surface area (Å²) in [5.74, 6) is -0.441. The molecule has 3 aromatic carbocycles. The van der Waals surface area contributed by atoms with Crippen LogP contribution in [0.5, 0.6) is 0 Å². The lowest BCUT2D eigenvalue weighted by Gasteiger charge is -2.30. The molecule has 1 N–H and O–H groups in total. The molecule has 134 valence electrons. The molecule has 0 saturated heterocycles. The highest BCUT2D eigenvalue weighted by atomic mass is 35.5. The van der Waals surface area contributed by atoms with Crippen molar-refractivity contribution in [3.05, 3.63) is 101 Å². The molecule has 0 saturated carbocycles. The van der Waals surface area contributed by atoms with Crippen LogP contribution in [0.15, 0.2) is 78.9 Å². The molecule has 0 radical (unpaired) electrons. The molecule has 2 amide bonds. The highest BCUT2D eigenvalue weighted by molar-refractivity contribution is 6.31. The molecule has 5 heteroatoms. The first-order valence-corrected chi connectivity index (χ1v) is 9.01. The number of fused-ring (bicyclic) bond motifs is 1. The average molecular weight is 377 g/mol. The summed E-state index contributed by atoms with van der Waals surface area (Å²) in [7, 11) is 0. The molecule has 0 aliphatic carbocycles. The van der Waals surface area contributed by atoms with Gasteiger partial charge in [0.1, 0.15) is 6.54 Å². The maximum Gasteiger partial charge on any atom is 0.255 e. The highest BCUT2D eigenvalue weighted by Gasteiger charge is 2.33. The Bertz CT molecular complexity index is 990. The van der Waals surface area contributed by atoms with E-state index in [2.05, 4.69) is 5.32 Å². The summed E-state index contributed by atoms with van der Waals surface area (Å²) in [6.07, 6.45) is 0. The lowest BCUT2D eigenvalue weighted by Crippen LogP contribution is -2.38. The Morgan fingerprint density at radius 1 is 0.963 bits per heavy atom. The number of amides is 2. The third-order valence-electron chi connectivity index (χ3n) is 4.61. The standard InChI is InChI=1S/C22H17ClN2O2/c23-17-11-12-18-19(13-17)24-20(26)14-25(21(18)15-7-3-1-4-8-15)22(27)16-9-5-2-6-10-16/h1-13,21H,14H2,(H,24,26). The van der Waals surface area contributed by atoms with Crippen LogP contribution in [0.2, 0.25) is 5.02 Å². The van der Waals surface area contributed by atoms with Crippen LogP contribution < -0.4 is 5.32 Å². The number of hydrogen-bond donors (Lipinski definition) is 1. The maximum absolute atomic E-state index is 13.3. The van der Waals surface area contributed by atoms with Gasteiger partial charge in [-0.15, -0.1) is 0 Å². The molecule has 1 atom stereocenters. The highest BCUT2D eigenvalue weighted by Crippen LogP contribution is 2.37. The maximum atomic E-state index is 13.3. The van der Waals surface area contributed by atoms with Crippen molar-refractivity contribution in [2.24, 2.45) is 0 Å². The Morgan fingerprint density at radius 3 is 2.33 bits per heavy atom. The number of nitrogens with one attached hydrogen (secondary N) is 1. The predicted molar refractivity (Wildman–Crippen MR) is 106 cm³/mol. The Kier molecular flexibility index (Phi) is 4.65. The van der Waals surface area contributed by atoms with Crippen molar-refractivity contribution in [1.82, 2.24) is 4.90 Å². The Balaban J connectivity index is 1.89. The number of benzene rings is 3. The van der Waals surface area contributed by atoms with E-state index in [9.17, 15) is 9.59 Å². The van der Waals surface area contributed by atoms with Crippen molar-refractivity contribution in [2.45, 2.75) is 6.04 Å². The van der Waals surface area contributed by atoms with E-state index in [1.54, 1.807) is 29.2 Å². The van der Waals surface area contributed by atoms with Gasteiger partial charge in [-0.25, -0.2) is 0 Å². The van der Waals surface area contributed by atoms with Gasteiger partial charge in [-0.3, -0.25) is 9.59 Å². The summed E-state index contributed by atoms with van der Waals surface area (Å²) in [5, 5.41) is 3.41. The number of carbonyl (C=O) groups excluding carboxylic acids is 2. The fourth-order valence-electron chi connectivity index (χ4n) is 3.41. The first-order valence-electron chi connectivity index (χ1n) is 8.64. The topological polar surface area (TPSA) is 49.4 Å². The lowest BCUT2D eigenvalue weighted by molar-refractivity contribution is -0.117. The number of halogens is 1. The zero-order valence-corrected chi connectivity index (χ0v) is 15.2. The van der Waals surface area contributed by atoms with Crippen LogP contribution in [0.25, 0.3) is 0 Å². The lowest BCUT2D eigenvalue weighted by atomic mass is 9.95. The van der Waals surface area contributed by atoms with E-state index >= 15 is 0 Å². The van der Waals surface area contributed by atoms with Crippen molar-refractivity contribution in [3.8, 4) is 0 Å². The summed E-state index contributed by atoms with van der Waals surface area (Å²) >= 11 is 6.13. The van der Waals surface area contributed by atoms with Gasteiger partial charge in [0.05, 0.1) is 6.04 Å². The van der Waals surface area contributed by atoms with Crippen molar-refractivity contribution in [2.75, 3.05) is 11.9 Å². The largest absolute Gasteiger partial charge is 0.324 e. The van der Waals surface area contributed by atoms with Crippen LogP contribution >= 0.6 is 11.6 Å². The number of hydrogen-bond acceptors (Lipinski definition) is 2. The summed E-state index contributed by atoms with van der Waals surface area (Å²) in [5.41, 5.74) is 2.94. The minimum Gasteiger partial charge on any atom is -0.324 e. The third-order valence-corrected chi connectivity index (χ3v) is 4.84. The van der Waals surface area contributed by atoms with Crippen molar-refractivity contribution in [1.29, 1.82) is 0 Å². The van der Waals surface area contributed by atoms with Crippen LogP contribution in [0, 0.1) is 0 Å². The second-order valence-electron chi connectivity index (χ2n) is 6.39. The zero-order chi connectivity index (χ0) is 18.8. The number of carbonyl (C=O) groups is 2. The van der Waals surface area contributed by atoms with Crippen LogP contribution in [-0.4, -0.2) is 23.3 Å². The minimum atomic E-state index is -0.398. The average Bonchev–Trinajstić information content (AvgIpc) is 2.84. The molecular formula is C22H17ClN2O2. The Labute approximate surface area is 162 Å². The summed E-state index contributed by atoms with van der Waals surface area (Å²) < 4.78 is 0. The molecule has 4 rings (SSSR count). The molecule has 1 aliphatic heterocycles. The van der Waals surface area contributed by atoms with Crippen molar-refractivity contribution in [3.63, 3.8) is 0 Å². The number of nitrogens with zero attached hydrogens (tertiary/aromatic N) is 1. The van der Waals surface area contributed by atoms with E-state index in [-0.39, 0.29) is 18.4 Å². The van der Waals surface area contributed by atoms with Gasteiger partial charge in [0.2, 0.25) is 5.91 Å². The normalized spacial score (nSPS) is 16.3. The molecule has 0 aromatic heterocycles. The molecule has 0 bridgehead atoms. The second kappa shape index (κ2) is 7.25. The van der Waals surface area contributed by atoms with Crippen LogP contribution in [-0.2, 0) is 4.79 Å². The van der Waals surface area contributed by atoms with E-state index in [4.69, 9.17) is 11.6 Å². The fourth-order valence-corrected chi connectivity index (χ4v) is 3.58. The van der Waals surface area contributed by atoms with Crippen LogP contribution in [0.1, 0.15) is 27.5 Å². The summed E-state index contributed by atoms with van der Waals surface area (Å²) in [4.78, 5) is 27.4. The number of rotatable bonds is 2. The van der Waals surface area contributed by atoms with Gasteiger partial charge in [0, 0.05) is 21.8 Å². The Hall–Kier alpha value is -3.11. The van der Waals surface area contributed by atoms with Crippen molar-refractivity contribution >= 4 is 29.1 Å². The molecule has 0 fully saturated rings. The molecule has 0 spiro atoms. The third kappa shape index (κ3) is 3.44. The first-order chi connectivity index (χ1) is 13.1. The van der Waals surface area contributed by atoms with Gasteiger partial charge in [-0.2, -0.15) is 0 Å². The predicted octanol–water partition coefficient (Wildman–Crippen LogP) is 4.52. The van der Waals surface area contributed by atoms with E-state index in [1.165, 1.54) is 0 Å². The number of anilines is 1. The molecule has 4 nitrogen and oxygen atoms in total. The van der Waals surface area contributed by atoms with Gasteiger partial charge >= 0.3 is 0 Å². The molecule has 1 aliphatic rings. The minimum absolute atomic E-state index is 0.0421. The van der Waals surface area contributed by atoms with Gasteiger partial charge in [0.15, 0.2) is 0 Å². The summed E-state index contributed by atoms with van der Waals surface area (Å²) in [6, 6.07) is 23.7. The smallest absolute Gasteiger partial charge is 0.255 e. The van der Waals surface area contributed by atoms with Gasteiger partial charge in [-0.1, -0.05) is 66.2 Å². The van der Waals surface area contributed by atoms with Gasteiger partial charge < -0.3 is 10.2 Å². The van der Waals surface area contributed by atoms with E-state index < -0.39 is 6.04 Å². The monoisotopic (exact) mass is 376 g/mol. The van der Waals surface area contributed by atoms with E-state index in [0.29, 0.717) is 16.3 Å². The molecule has 1 heterocycles. The second-order valence-corrected chi connectivity index (χ2v) is 6.83. The van der Waals surface area contributed by atoms with E-state index in [0.717, 1.165) is 11.1 Å². The first kappa shape index (κ1) is 17.3. The van der Waals surface area contributed by atoms with Crippen LogP contribution in [0.4, 0.5) is 5.69 Å². The molecule has 3 aromatic rings. The van der Waals surface area contributed by atoms with Crippen molar-refractivity contribution < 1.29 is 9.59 Å². The fraction of sp³-hybridized carbons (Fsp3) is 0.0909. The quantitative estimate of drug-likeness (QED) is 0.714. The molecule has 27 heavy (non-hydrogen) atoms. The molecule has 1 unspecified atom stereocenters. The van der Waals surface area contributed by atoms with Gasteiger partial charge in [-0.05, 0) is 29.8 Å². The molecular weight excluding hydrogens is 360 g/mol. The summed E-state index contributed by atoms with van der Waals surface area (Å²) in [6.45, 7) is -0.0421. The SMILES string of the molecule is O=C1CN(C(=O)c2ccccc2)C(c2ccccc2)c2ccc(Cl)cc2N1. The van der Waals surface area contributed by atoms with Gasteiger partial charge in [0.25, 0.3) is 5.91 Å². The Morgan fingerprint density at radius 2 is 1.63 bits per heavy atom. The van der Waals surface area contributed by atoms with E-state index in [1.807, 2.05) is 54.6 Å². The zero-order valence-electron chi connectivity index (χ0n) is 14.4. The van der Waals surface area contributed by atoms with Crippen LogP contribution in [0.3, 0.4) is 0 Å².